The van der Waals surface area contributed by atoms with E-state index in [2.05, 4.69) is 15.2 Å². The number of H-pyrrole nitrogens is 2. The van der Waals surface area contributed by atoms with Crippen molar-refractivity contribution in [1.29, 1.82) is 5.41 Å². The quantitative estimate of drug-likeness (QED) is 0.617. The lowest BCUT2D eigenvalue weighted by Gasteiger charge is -1.86. The predicted octanol–water partition coefficient (Wildman–Crippen LogP) is 0.796. The van der Waals surface area contributed by atoms with E-state index in [1.54, 1.807) is 18.5 Å². The molecule has 6 heteroatoms. The highest BCUT2D eigenvalue weighted by molar-refractivity contribution is 8.18. The molecule has 0 amide bonds. The van der Waals surface area contributed by atoms with Crippen LogP contribution in [0.15, 0.2) is 20.9 Å². The first-order valence-corrected chi connectivity index (χ1v) is 4.35. The fraction of sp³-hybridized carbons (Fsp3) is 0. The van der Waals surface area contributed by atoms with Gasteiger partial charge < -0.3 is 5.10 Å². The molecule has 1 aliphatic rings. The van der Waals surface area contributed by atoms with E-state index in [9.17, 15) is 4.79 Å². The van der Waals surface area contributed by atoms with E-state index in [0.29, 0.717) is 5.56 Å². The molecule has 2 rings (SSSR count). The molecule has 0 radical (unpaired) electrons. The molecule has 0 aliphatic carbocycles. The second-order valence-corrected chi connectivity index (χ2v) is 3.47. The SMILES string of the molecule is N=C1N=C/C(=C\c2c[nH][nH]c2=O)S1. The largest absolute Gasteiger partial charge is 0.305 e. The first-order chi connectivity index (χ1) is 6.25. The maximum Gasteiger partial charge on any atom is 0.271 e. The molecule has 0 saturated heterocycles. The number of thioether (sulfide) groups is 1. The Morgan fingerprint density at radius 3 is 3.00 bits per heavy atom. The molecule has 66 valence electrons. The van der Waals surface area contributed by atoms with Crippen molar-refractivity contribution in [2.75, 3.05) is 0 Å². The van der Waals surface area contributed by atoms with E-state index in [-0.39, 0.29) is 10.7 Å². The number of rotatable bonds is 1. The summed E-state index contributed by atoms with van der Waals surface area (Å²) in [6, 6.07) is 0. The number of hydrogen-bond acceptors (Lipinski definition) is 3. The van der Waals surface area contributed by atoms with Crippen molar-refractivity contribution in [3.05, 3.63) is 27.0 Å². The van der Waals surface area contributed by atoms with E-state index in [4.69, 9.17) is 5.41 Å². The van der Waals surface area contributed by atoms with Crippen molar-refractivity contribution in [2.45, 2.75) is 0 Å². The summed E-state index contributed by atoms with van der Waals surface area (Å²) in [4.78, 5) is 15.6. The molecular formula is C7H6N4OS. The minimum Gasteiger partial charge on any atom is -0.305 e. The summed E-state index contributed by atoms with van der Waals surface area (Å²) in [6.45, 7) is 0. The van der Waals surface area contributed by atoms with Crippen molar-refractivity contribution < 1.29 is 0 Å². The van der Waals surface area contributed by atoms with Gasteiger partial charge in [-0.15, -0.1) is 0 Å². The summed E-state index contributed by atoms with van der Waals surface area (Å²) in [5, 5.41) is 12.5. The number of hydrogen-bond donors (Lipinski definition) is 3. The first-order valence-electron chi connectivity index (χ1n) is 3.54. The molecule has 1 aromatic heterocycles. The Morgan fingerprint density at radius 1 is 1.62 bits per heavy atom. The van der Waals surface area contributed by atoms with Crippen molar-refractivity contribution in [1.82, 2.24) is 10.2 Å². The zero-order valence-corrected chi connectivity index (χ0v) is 7.31. The van der Waals surface area contributed by atoms with Crippen molar-refractivity contribution in [2.24, 2.45) is 4.99 Å². The molecule has 0 spiro atoms. The highest BCUT2D eigenvalue weighted by Crippen LogP contribution is 2.22. The third-order valence-corrected chi connectivity index (χ3v) is 2.25. The molecule has 1 aromatic rings. The Hall–Kier alpha value is -1.56. The van der Waals surface area contributed by atoms with Gasteiger partial charge in [-0.25, -0.2) is 4.99 Å². The van der Waals surface area contributed by atoms with Crippen LogP contribution in [0.3, 0.4) is 0 Å². The van der Waals surface area contributed by atoms with Gasteiger partial charge in [-0.1, -0.05) is 0 Å². The van der Waals surface area contributed by atoms with E-state index in [0.717, 1.165) is 4.91 Å². The molecule has 0 atom stereocenters. The molecule has 0 saturated carbocycles. The fourth-order valence-corrected chi connectivity index (χ4v) is 1.55. The van der Waals surface area contributed by atoms with Crippen LogP contribution in [0.2, 0.25) is 0 Å². The third-order valence-electron chi connectivity index (χ3n) is 1.50. The molecule has 0 bridgehead atoms. The van der Waals surface area contributed by atoms with Crippen LogP contribution in [0, 0.1) is 5.41 Å². The molecular weight excluding hydrogens is 188 g/mol. The number of nitrogens with zero attached hydrogens (tertiary/aromatic N) is 1. The monoisotopic (exact) mass is 194 g/mol. The van der Waals surface area contributed by atoms with Crippen LogP contribution < -0.4 is 5.56 Å². The molecule has 1 aliphatic heterocycles. The number of aromatic nitrogens is 2. The Labute approximate surface area is 77.5 Å². The maximum atomic E-state index is 11.0. The Morgan fingerprint density at radius 2 is 2.46 bits per heavy atom. The zero-order valence-electron chi connectivity index (χ0n) is 6.50. The minimum atomic E-state index is -0.167. The van der Waals surface area contributed by atoms with Crippen LogP contribution in [0.5, 0.6) is 0 Å². The van der Waals surface area contributed by atoms with Gasteiger partial charge in [0.25, 0.3) is 5.56 Å². The van der Waals surface area contributed by atoms with Gasteiger partial charge in [-0.05, 0) is 17.8 Å². The van der Waals surface area contributed by atoms with Gasteiger partial charge in [0.05, 0.1) is 5.56 Å². The number of nitrogens with one attached hydrogen (secondary N) is 3. The summed E-state index contributed by atoms with van der Waals surface area (Å²) >= 11 is 1.23. The molecule has 3 N–H and O–H groups in total. The highest BCUT2D eigenvalue weighted by Gasteiger charge is 2.08. The molecule has 0 aromatic carbocycles. The van der Waals surface area contributed by atoms with E-state index >= 15 is 0 Å². The van der Waals surface area contributed by atoms with Gasteiger partial charge in [-0.3, -0.25) is 15.3 Å². The number of aliphatic imine (C=N–C) groups is 1. The third kappa shape index (κ3) is 1.62. The van der Waals surface area contributed by atoms with Crippen molar-refractivity contribution >= 4 is 29.2 Å². The van der Waals surface area contributed by atoms with Crippen molar-refractivity contribution in [3.8, 4) is 0 Å². The summed E-state index contributed by atoms with van der Waals surface area (Å²) < 4.78 is 0. The van der Waals surface area contributed by atoms with Crippen LogP contribution in [-0.2, 0) is 0 Å². The summed E-state index contributed by atoms with van der Waals surface area (Å²) in [5.74, 6) is 0. The summed E-state index contributed by atoms with van der Waals surface area (Å²) in [7, 11) is 0. The van der Waals surface area contributed by atoms with Gasteiger partial charge in [-0.2, -0.15) is 0 Å². The van der Waals surface area contributed by atoms with Crippen LogP contribution in [0.4, 0.5) is 0 Å². The molecule has 0 unspecified atom stereocenters. The molecule has 2 heterocycles. The van der Waals surface area contributed by atoms with Crippen LogP contribution >= 0.6 is 11.8 Å². The Bertz CT molecular complexity index is 453. The highest BCUT2D eigenvalue weighted by atomic mass is 32.2. The van der Waals surface area contributed by atoms with Gasteiger partial charge in [0.2, 0.25) is 0 Å². The summed E-state index contributed by atoms with van der Waals surface area (Å²) in [6.07, 6.45) is 4.83. The molecule has 5 nitrogen and oxygen atoms in total. The standard InChI is InChI=1S/C7H6N4OS/c8-7-9-3-5(13-7)1-4-2-10-11-6(4)12/h1-3,8H,(H2,10,11,12)/b5-1+,8-7?. The topological polar surface area (TPSA) is 84.9 Å². The van der Waals surface area contributed by atoms with Gasteiger partial charge in [0.1, 0.15) is 0 Å². The average molecular weight is 194 g/mol. The predicted molar refractivity (Wildman–Crippen MR) is 53.2 cm³/mol. The van der Waals surface area contributed by atoms with Gasteiger partial charge in [0, 0.05) is 17.3 Å². The smallest absolute Gasteiger partial charge is 0.271 e. The molecule has 0 fully saturated rings. The van der Waals surface area contributed by atoms with E-state index in [1.165, 1.54) is 11.8 Å². The first kappa shape index (κ1) is 8.06. The molecule has 13 heavy (non-hydrogen) atoms. The van der Waals surface area contributed by atoms with Crippen LogP contribution in [0.1, 0.15) is 5.56 Å². The number of allylic oxidation sites excluding steroid dienone is 1. The maximum absolute atomic E-state index is 11.0. The van der Waals surface area contributed by atoms with Crippen molar-refractivity contribution in [3.63, 3.8) is 0 Å². The lowest BCUT2D eigenvalue weighted by molar-refractivity contribution is 1.06. The van der Waals surface area contributed by atoms with E-state index in [1.807, 2.05) is 0 Å². The van der Waals surface area contributed by atoms with Gasteiger partial charge in [0.15, 0.2) is 5.17 Å². The second kappa shape index (κ2) is 3.06. The number of amidine groups is 1. The lowest BCUT2D eigenvalue weighted by atomic mass is 10.3. The normalized spacial score (nSPS) is 18.8. The zero-order chi connectivity index (χ0) is 9.26. The summed E-state index contributed by atoms with van der Waals surface area (Å²) in [5.41, 5.74) is 0.378. The van der Waals surface area contributed by atoms with Gasteiger partial charge >= 0.3 is 0 Å². The lowest BCUT2D eigenvalue weighted by Crippen LogP contribution is -2.01. The minimum absolute atomic E-state index is 0.167. The van der Waals surface area contributed by atoms with E-state index < -0.39 is 0 Å². The average Bonchev–Trinajstić information content (AvgIpc) is 2.64. The van der Waals surface area contributed by atoms with Crippen LogP contribution in [0.25, 0.3) is 6.08 Å². The van der Waals surface area contributed by atoms with Crippen LogP contribution in [-0.4, -0.2) is 21.6 Å². The fourth-order valence-electron chi connectivity index (χ4n) is 0.931. The number of aromatic amines is 2. The second-order valence-electron chi connectivity index (χ2n) is 2.41. The Kier molecular flexibility index (Phi) is 1.90. The Balaban J connectivity index is 2.32.